The number of hydrogen-bond donors (Lipinski definition) is 1. The zero-order valence-corrected chi connectivity index (χ0v) is 8.15. The van der Waals surface area contributed by atoms with E-state index < -0.39 is 4.92 Å². The van der Waals surface area contributed by atoms with Gasteiger partial charge in [-0.1, -0.05) is 6.08 Å². The number of rotatable bonds is 2. The molecule has 14 heavy (non-hydrogen) atoms. The van der Waals surface area contributed by atoms with Gasteiger partial charge in [-0.2, -0.15) is 0 Å². The summed E-state index contributed by atoms with van der Waals surface area (Å²) >= 11 is 0. The van der Waals surface area contributed by atoms with Crippen LogP contribution in [-0.4, -0.2) is 4.92 Å². The number of nitro benzene ring substituents is 1. The second-order valence-corrected chi connectivity index (χ2v) is 3.00. The van der Waals surface area contributed by atoms with Crippen LogP contribution >= 0.6 is 0 Å². The van der Waals surface area contributed by atoms with E-state index in [0.29, 0.717) is 5.69 Å². The Bertz CT molecular complexity index is 397. The third kappa shape index (κ3) is 1.90. The van der Waals surface area contributed by atoms with Crippen LogP contribution in [0.5, 0.6) is 0 Å². The van der Waals surface area contributed by atoms with Crippen molar-refractivity contribution < 1.29 is 4.92 Å². The molecule has 4 heteroatoms. The molecule has 0 unspecified atom stereocenters. The first kappa shape index (κ1) is 10.2. The van der Waals surface area contributed by atoms with E-state index in [1.54, 1.807) is 6.07 Å². The standard InChI is InChI=1S/C10H12N2O2/c1-3-7(2)9-5-4-8(12(13)14)6-10(9)11/h3-6H,11H2,1-2H3/b7-3+. The fraction of sp³-hybridized carbons (Fsp3) is 0.200. The summed E-state index contributed by atoms with van der Waals surface area (Å²) in [5.41, 5.74) is 8.01. The summed E-state index contributed by atoms with van der Waals surface area (Å²) in [7, 11) is 0. The van der Waals surface area contributed by atoms with Gasteiger partial charge in [0.05, 0.1) is 4.92 Å². The molecule has 0 spiro atoms. The Labute approximate surface area is 82.2 Å². The number of benzene rings is 1. The van der Waals surface area contributed by atoms with Gasteiger partial charge in [-0.3, -0.25) is 10.1 Å². The maximum atomic E-state index is 10.4. The highest BCUT2D eigenvalue weighted by Crippen LogP contribution is 2.25. The molecular formula is C10H12N2O2. The molecule has 4 nitrogen and oxygen atoms in total. The molecule has 0 heterocycles. The smallest absolute Gasteiger partial charge is 0.271 e. The molecule has 1 aromatic carbocycles. The molecule has 0 radical (unpaired) electrons. The Morgan fingerprint density at radius 1 is 1.57 bits per heavy atom. The van der Waals surface area contributed by atoms with Crippen molar-refractivity contribution in [2.75, 3.05) is 5.73 Å². The third-order valence-corrected chi connectivity index (χ3v) is 2.10. The maximum Gasteiger partial charge on any atom is 0.271 e. The molecule has 0 atom stereocenters. The van der Waals surface area contributed by atoms with Crippen LogP contribution in [0.3, 0.4) is 0 Å². The average molecular weight is 192 g/mol. The number of non-ortho nitro benzene ring substituents is 1. The van der Waals surface area contributed by atoms with E-state index in [1.807, 2.05) is 19.9 Å². The number of nitrogens with zero attached hydrogens (tertiary/aromatic N) is 1. The molecule has 0 aliphatic heterocycles. The normalized spacial score (nSPS) is 11.4. The van der Waals surface area contributed by atoms with Gasteiger partial charge < -0.3 is 5.73 Å². The van der Waals surface area contributed by atoms with Crippen LogP contribution in [-0.2, 0) is 0 Å². The highest BCUT2D eigenvalue weighted by atomic mass is 16.6. The van der Waals surface area contributed by atoms with Crippen molar-refractivity contribution in [3.63, 3.8) is 0 Å². The summed E-state index contributed by atoms with van der Waals surface area (Å²) in [6.07, 6.45) is 1.91. The molecule has 2 N–H and O–H groups in total. The largest absolute Gasteiger partial charge is 0.398 e. The van der Waals surface area contributed by atoms with Crippen LogP contribution in [0.25, 0.3) is 5.57 Å². The number of nitro groups is 1. The maximum absolute atomic E-state index is 10.4. The summed E-state index contributed by atoms with van der Waals surface area (Å²) in [4.78, 5) is 9.99. The zero-order chi connectivity index (χ0) is 10.7. The molecule has 74 valence electrons. The van der Waals surface area contributed by atoms with Crippen LogP contribution in [0.4, 0.5) is 11.4 Å². The van der Waals surface area contributed by atoms with Crippen LogP contribution in [0.1, 0.15) is 19.4 Å². The zero-order valence-electron chi connectivity index (χ0n) is 8.15. The van der Waals surface area contributed by atoms with E-state index in [4.69, 9.17) is 5.73 Å². The predicted octanol–water partition coefficient (Wildman–Crippen LogP) is 2.60. The molecule has 0 saturated carbocycles. The lowest BCUT2D eigenvalue weighted by atomic mass is 10.0. The first-order chi connectivity index (χ1) is 6.56. The van der Waals surface area contributed by atoms with Gasteiger partial charge in [-0.15, -0.1) is 0 Å². The number of nitrogen functional groups attached to an aromatic ring is 1. The summed E-state index contributed by atoms with van der Waals surface area (Å²) in [5.74, 6) is 0. The molecule has 0 fully saturated rings. The summed E-state index contributed by atoms with van der Waals surface area (Å²) in [6.45, 7) is 3.81. The molecule has 0 aliphatic rings. The van der Waals surface area contributed by atoms with Crippen LogP contribution in [0, 0.1) is 10.1 Å². The summed E-state index contributed by atoms with van der Waals surface area (Å²) in [6, 6.07) is 4.50. The quantitative estimate of drug-likeness (QED) is 0.444. The second-order valence-electron chi connectivity index (χ2n) is 3.00. The lowest BCUT2D eigenvalue weighted by Gasteiger charge is -2.04. The van der Waals surface area contributed by atoms with Crippen molar-refractivity contribution >= 4 is 16.9 Å². The number of nitrogens with two attached hydrogens (primary N) is 1. The topological polar surface area (TPSA) is 69.2 Å². The number of allylic oxidation sites excluding steroid dienone is 2. The van der Waals surface area contributed by atoms with Crippen molar-refractivity contribution in [3.05, 3.63) is 40.0 Å². The second kappa shape index (κ2) is 3.91. The number of anilines is 1. The number of hydrogen-bond acceptors (Lipinski definition) is 3. The van der Waals surface area contributed by atoms with Crippen molar-refractivity contribution in [3.8, 4) is 0 Å². The molecule has 0 aromatic heterocycles. The van der Waals surface area contributed by atoms with E-state index in [9.17, 15) is 10.1 Å². The van der Waals surface area contributed by atoms with Gasteiger partial charge in [0.25, 0.3) is 5.69 Å². The monoisotopic (exact) mass is 192 g/mol. The van der Waals surface area contributed by atoms with Gasteiger partial charge in [-0.25, -0.2) is 0 Å². The van der Waals surface area contributed by atoms with Gasteiger partial charge in [0.15, 0.2) is 0 Å². The Morgan fingerprint density at radius 2 is 2.21 bits per heavy atom. The van der Waals surface area contributed by atoms with Gasteiger partial charge in [0.2, 0.25) is 0 Å². The van der Waals surface area contributed by atoms with E-state index in [1.165, 1.54) is 12.1 Å². The Hall–Kier alpha value is -1.84. The molecular weight excluding hydrogens is 180 g/mol. The fourth-order valence-corrected chi connectivity index (χ4v) is 1.18. The molecule has 1 rings (SSSR count). The predicted molar refractivity (Wildman–Crippen MR) is 56.8 cm³/mol. The Morgan fingerprint density at radius 3 is 2.64 bits per heavy atom. The molecule has 0 aliphatic carbocycles. The Kier molecular flexibility index (Phi) is 2.86. The van der Waals surface area contributed by atoms with Crippen molar-refractivity contribution in [2.45, 2.75) is 13.8 Å². The van der Waals surface area contributed by atoms with Crippen LogP contribution in [0.2, 0.25) is 0 Å². The fourth-order valence-electron chi connectivity index (χ4n) is 1.18. The Balaban J connectivity index is 3.20. The van der Waals surface area contributed by atoms with Gasteiger partial charge in [0, 0.05) is 23.4 Å². The SMILES string of the molecule is C/C=C(\C)c1ccc([N+](=O)[O-])cc1N. The average Bonchev–Trinajstić information content (AvgIpc) is 2.16. The molecule has 0 bridgehead atoms. The van der Waals surface area contributed by atoms with E-state index >= 15 is 0 Å². The molecule has 0 saturated heterocycles. The van der Waals surface area contributed by atoms with Gasteiger partial charge in [-0.05, 0) is 25.5 Å². The van der Waals surface area contributed by atoms with E-state index in [-0.39, 0.29) is 5.69 Å². The van der Waals surface area contributed by atoms with Crippen LogP contribution < -0.4 is 5.73 Å². The lowest BCUT2D eigenvalue weighted by molar-refractivity contribution is -0.384. The first-order valence-electron chi connectivity index (χ1n) is 4.23. The highest BCUT2D eigenvalue weighted by Gasteiger charge is 2.08. The van der Waals surface area contributed by atoms with E-state index in [0.717, 1.165) is 11.1 Å². The van der Waals surface area contributed by atoms with Crippen molar-refractivity contribution in [1.29, 1.82) is 0 Å². The third-order valence-electron chi connectivity index (χ3n) is 2.10. The van der Waals surface area contributed by atoms with Crippen molar-refractivity contribution in [1.82, 2.24) is 0 Å². The highest BCUT2D eigenvalue weighted by molar-refractivity contribution is 5.75. The summed E-state index contributed by atoms with van der Waals surface area (Å²) < 4.78 is 0. The van der Waals surface area contributed by atoms with Crippen LogP contribution in [0.15, 0.2) is 24.3 Å². The lowest BCUT2D eigenvalue weighted by Crippen LogP contribution is -1.95. The van der Waals surface area contributed by atoms with Gasteiger partial charge >= 0.3 is 0 Å². The minimum absolute atomic E-state index is 0.0233. The van der Waals surface area contributed by atoms with Gasteiger partial charge in [0.1, 0.15) is 0 Å². The van der Waals surface area contributed by atoms with E-state index in [2.05, 4.69) is 0 Å². The first-order valence-corrected chi connectivity index (χ1v) is 4.23. The minimum atomic E-state index is -0.453. The van der Waals surface area contributed by atoms with Crippen molar-refractivity contribution in [2.24, 2.45) is 0 Å². The molecule has 1 aromatic rings. The minimum Gasteiger partial charge on any atom is -0.398 e. The summed E-state index contributed by atoms with van der Waals surface area (Å²) in [5, 5.41) is 10.4. The molecule has 0 amide bonds.